The molecule has 5 rings (SSSR count). The average Bonchev–Trinajstić information content (AvgIpc) is 3.27. The Labute approximate surface area is 184 Å². The van der Waals surface area contributed by atoms with E-state index >= 15 is 0 Å². The molecule has 3 N–H and O–H groups in total. The lowest BCUT2D eigenvalue weighted by atomic mass is 10.2. The maximum absolute atomic E-state index is 13.4. The van der Waals surface area contributed by atoms with Crippen LogP contribution in [0.1, 0.15) is 5.82 Å². The number of aryl methyl sites for hydroxylation is 1. The maximum Gasteiger partial charge on any atom is 0.281 e. The number of benzene rings is 1. The molecule has 11 nitrogen and oxygen atoms in total. The summed E-state index contributed by atoms with van der Waals surface area (Å²) in [5.74, 6) is 0.817. The molecule has 32 heavy (non-hydrogen) atoms. The van der Waals surface area contributed by atoms with Crippen molar-refractivity contribution in [2.24, 2.45) is 7.05 Å². The van der Waals surface area contributed by atoms with E-state index in [0.717, 1.165) is 0 Å². The molecule has 4 aromatic heterocycles. The van der Waals surface area contributed by atoms with E-state index in [0.29, 0.717) is 28.3 Å². The number of hydrogen-bond donors (Lipinski definition) is 3. The Morgan fingerprint density at radius 2 is 1.97 bits per heavy atom. The summed E-state index contributed by atoms with van der Waals surface area (Å²) in [6.45, 7) is 0.114. The number of hydrogen-bond acceptors (Lipinski definition) is 8. The quantitative estimate of drug-likeness (QED) is 0.370. The zero-order valence-corrected chi connectivity index (χ0v) is 17.5. The number of halogens is 1. The van der Waals surface area contributed by atoms with Gasteiger partial charge in [-0.25, -0.2) is 24.6 Å². The van der Waals surface area contributed by atoms with Crippen LogP contribution in [0.3, 0.4) is 0 Å². The van der Waals surface area contributed by atoms with E-state index in [-0.39, 0.29) is 28.2 Å². The molecule has 0 unspecified atom stereocenters. The Bertz CT molecular complexity index is 1590. The highest BCUT2D eigenvalue weighted by Gasteiger charge is 2.16. The van der Waals surface area contributed by atoms with Crippen LogP contribution in [0, 0.1) is 0 Å². The molecule has 0 saturated heterocycles. The maximum atomic E-state index is 13.4. The topological polar surface area (TPSA) is 135 Å². The number of aromatic nitrogens is 7. The second-order valence-electron chi connectivity index (χ2n) is 6.93. The first-order valence-electron chi connectivity index (χ1n) is 9.53. The van der Waals surface area contributed by atoms with Gasteiger partial charge in [-0.05, 0) is 24.3 Å². The van der Waals surface area contributed by atoms with Gasteiger partial charge in [0.05, 0.1) is 28.8 Å². The zero-order chi connectivity index (χ0) is 22.2. The summed E-state index contributed by atoms with van der Waals surface area (Å²) in [5, 5.41) is 3.66. The second-order valence-corrected chi connectivity index (χ2v) is 7.34. The number of nitrogens with one attached hydrogen (secondary N) is 3. The summed E-state index contributed by atoms with van der Waals surface area (Å²) >= 11 is 6.28. The fourth-order valence-corrected chi connectivity index (χ4v) is 3.58. The molecule has 0 amide bonds. The number of fused-ring (bicyclic) bond motifs is 2. The Kier molecular flexibility index (Phi) is 4.79. The third-order valence-corrected chi connectivity index (χ3v) is 5.22. The third kappa shape index (κ3) is 3.34. The van der Waals surface area contributed by atoms with Crippen LogP contribution in [-0.4, -0.2) is 34.2 Å². The molecule has 4 heterocycles. The molecule has 0 bridgehead atoms. The molecule has 0 atom stereocenters. The average molecular weight is 450 g/mol. The molecule has 0 radical (unpaired) electrons. The lowest BCUT2D eigenvalue weighted by Crippen LogP contribution is -2.34. The molecular weight excluding hydrogens is 434 g/mol. The molecule has 0 aliphatic heterocycles. The van der Waals surface area contributed by atoms with Gasteiger partial charge in [-0.1, -0.05) is 17.7 Å². The summed E-state index contributed by atoms with van der Waals surface area (Å²) in [6.07, 6.45) is 4.53. The monoisotopic (exact) mass is 449 g/mol. The van der Waals surface area contributed by atoms with Gasteiger partial charge in [0.15, 0.2) is 17.3 Å². The van der Waals surface area contributed by atoms with Gasteiger partial charge < -0.3 is 14.9 Å². The molecule has 0 spiro atoms. The van der Waals surface area contributed by atoms with Gasteiger partial charge in [0.1, 0.15) is 17.5 Å². The first-order valence-corrected chi connectivity index (χ1v) is 9.91. The van der Waals surface area contributed by atoms with Crippen LogP contribution in [0.2, 0.25) is 5.02 Å². The van der Waals surface area contributed by atoms with Crippen LogP contribution < -0.4 is 21.9 Å². The summed E-state index contributed by atoms with van der Waals surface area (Å²) in [7, 11) is 1.62. The Balaban J connectivity index is 1.62. The minimum absolute atomic E-state index is 0.114. The summed E-state index contributed by atoms with van der Waals surface area (Å²) in [4.78, 5) is 45.9. The number of imidazole rings is 1. The van der Waals surface area contributed by atoms with Crippen LogP contribution in [0.4, 0.5) is 11.5 Å². The smallest absolute Gasteiger partial charge is 0.281 e. The fraction of sp³-hybridized carbons (Fsp3) is 0.100. The second kappa shape index (κ2) is 7.78. The first kappa shape index (κ1) is 19.7. The van der Waals surface area contributed by atoms with Gasteiger partial charge in [0.2, 0.25) is 0 Å². The Morgan fingerprint density at radius 3 is 2.84 bits per heavy atom. The van der Waals surface area contributed by atoms with Crippen molar-refractivity contribution in [1.82, 2.24) is 34.2 Å². The van der Waals surface area contributed by atoms with Crippen LogP contribution in [0.15, 0.2) is 58.8 Å². The van der Waals surface area contributed by atoms with Crippen molar-refractivity contribution in [2.75, 3.05) is 10.7 Å². The minimum Gasteiger partial charge on any atom is -0.361 e. The zero-order valence-electron chi connectivity index (χ0n) is 16.7. The van der Waals surface area contributed by atoms with Gasteiger partial charge in [-0.2, -0.15) is 0 Å². The van der Waals surface area contributed by atoms with E-state index < -0.39 is 5.56 Å². The summed E-state index contributed by atoms with van der Waals surface area (Å²) in [5.41, 5.74) is 3.94. The van der Waals surface area contributed by atoms with Crippen molar-refractivity contribution in [3.05, 3.63) is 80.7 Å². The van der Waals surface area contributed by atoms with Gasteiger partial charge in [-0.3, -0.25) is 15.0 Å². The van der Waals surface area contributed by atoms with E-state index in [1.165, 1.54) is 21.9 Å². The van der Waals surface area contributed by atoms with E-state index in [9.17, 15) is 9.59 Å². The third-order valence-electron chi connectivity index (χ3n) is 4.91. The number of rotatable bonds is 5. The molecule has 5 aromatic rings. The van der Waals surface area contributed by atoms with Crippen LogP contribution in [0.5, 0.6) is 0 Å². The predicted molar refractivity (Wildman–Crippen MR) is 121 cm³/mol. The number of aromatic amines is 1. The molecule has 12 heteroatoms. The molecule has 0 aliphatic carbocycles. The van der Waals surface area contributed by atoms with E-state index in [1.54, 1.807) is 43.6 Å². The van der Waals surface area contributed by atoms with Gasteiger partial charge in [0, 0.05) is 13.2 Å². The number of pyridine rings is 1. The van der Waals surface area contributed by atoms with E-state index in [2.05, 4.69) is 35.7 Å². The number of anilines is 2. The highest BCUT2D eigenvalue weighted by Crippen LogP contribution is 2.20. The van der Waals surface area contributed by atoms with Crippen molar-refractivity contribution in [2.45, 2.75) is 6.54 Å². The van der Waals surface area contributed by atoms with Crippen LogP contribution in [-0.2, 0) is 13.6 Å². The molecule has 160 valence electrons. The van der Waals surface area contributed by atoms with Gasteiger partial charge >= 0.3 is 0 Å². The minimum atomic E-state index is -0.433. The fourth-order valence-electron chi connectivity index (χ4n) is 3.33. The Hall–Kier alpha value is -4.25. The first-order chi connectivity index (χ1) is 15.5. The van der Waals surface area contributed by atoms with E-state index in [1.807, 2.05) is 0 Å². The lowest BCUT2D eigenvalue weighted by molar-refractivity contribution is 0.772. The SMILES string of the molecule is Cn1cccc(Nn2c(CNc3ncnc4nc[nH]c34)nc3cccc(Cl)c3c2=O)c1=O. The van der Waals surface area contributed by atoms with Crippen molar-refractivity contribution in [3.8, 4) is 0 Å². The summed E-state index contributed by atoms with van der Waals surface area (Å²) in [6, 6.07) is 8.32. The number of H-pyrrole nitrogens is 1. The van der Waals surface area contributed by atoms with Gasteiger partial charge in [0.25, 0.3) is 11.1 Å². The van der Waals surface area contributed by atoms with Gasteiger partial charge in [-0.15, -0.1) is 0 Å². The molecule has 0 aliphatic rings. The van der Waals surface area contributed by atoms with Crippen molar-refractivity contribution in [3.63, 3.8) is 0 Å². The van der Waals surface area contributed by atoms with Crippen molar-refractivity contribution < 1.29 is 0 Å². The highest BCUT2D eigenvalue weighted by atomic mass is 35.5. The number of nitrogens with zero attached hydrogens (tertiary/aromatic N) is 6. The molecular formula is C20H16ClN9O2. The standard InChI is InChI=1S/C20H16ClN9O2/c1-29-7-3-6-13(19(29)31)28-30-14(27-12-5-2-4-11(21)15(12)20(30)32)8-22-17-16-18(24-9-23-16)26-10-25-17/h2-7,9-10,28H,8H2,1H3,(H2,22,23,24,25,26). The molecule has 0 saturated carbocycles. The van der Waals surface area contributed by atoms with Crippen molar-refractivity contribution >= 4 is 45.2 Å². The summed E-state index contributed by atoms with van der Waals surface area (Å²) < 4.78 is 2.62. The Morgan fingerprint density at radius 1 is 1.09 bits per heavy atom. The van der Waals surface area contributed by atoms with Crippen LogP contribution >= 0.6 is 11.6 Å². The lowest BCUT2D eigenvalue weighted by Gasteiger charge is -2.16. The van der Waals surface area contributed by atoms with Crippen LogP contribution in [0.25, 0.3) is 22.1 Å². The van der Waals surface area contributed by atoms with E-state index in [4.69, 9.17) is 11.6 Å². The van der Waals surface area contributed by atoms with Crippen molar-refractivity contribution in [1.29, 1.82) is 0 Å². The molecule has 0 fully saturated rings. The largest absolute Gasteiger partial charge is 0.361 e. The molecule has 1 aromatic carbocycles. The predicted octanol–water partition coefficient (Wildman–Crippen LogP) is 1.90. The normalized spacial score (nSPS) is 11.2. The highest BCUT2D eigenvalue weighted by molar-refractivity contribution is 6.35.